The van der Waals surface area contributed by atoms with Gasteiger partial charge in [0, 0.05) is 24.3 Å². The predicted molar refractivity (Wildman–Crippen MR) is 84.5 cm³/mol. The van der Waals surface area contributed by atoms with Crippen molar-refractivity contribution in [3.8, 4) is 0 Å². The zero-order valence-corrected chi connectivity index (χ0v) is 13.1. The number of hydrogen-bond acceptors (Lipinski definition) is 3. The molecule has 2 atom stereocenters. The minimum Gasteiger partial charge on any atom is -0.325 e. The fourth-order valence-corrected chi connectivity index (χ4v) is 3.11. The van der Waals surface area contributed by atoms with Crippen LogP contribution in [-0.2, 0) is 4.79 Å². The van der Waals surface area contributed by atoms with Crippen LogP contribution in [0.5, 0.6) is 0 Å². The van der Waals surface area contributed by atoms with E-state index in [1.807, 2.05) is 0 Å². The Hall–Kier alpha value is -1.68. The molecule has 0 aliphatic carbocycles. The van der Waals surface area contributed by atoms with E-state index in [-0.39, 0.29) is 11.7 Å². The van der Waals surface area contributed by atoms with Gasteiger partial charge < -0.3 is 5.32 Å². The summed E-state index contributed by atoms with van der Waals surface area (Å²) in [6.45, 7) is 8.42. The van der Waals surface area contributed by atoms with E-state index in [2.05, 4.69) is 24.1 Å². The monoisotopic (exact) mass is 288 g/mol. The molecule has 1 aliphatic rings. The van der Waals surface area contributed by atoms with Gasteiger partial charge in [0.2, 0.25) is 5.91 Å². The van der Waals surface area contributed by atoms with Crippen LogP contribution in [-0.4, -0.2) is 36.2 Å². The molecule has 1 N–H and O–H groups in total. The number of carbonyl (C=O) groups is 2. The molecule has 21 heavy (non-hydrogen) atoms. The van der Waals surface area contributed by atoms with Crippen LogP contribution < -0.4 is 5.32 Å². The van der Waals surface area contributed by atoms with Crippen molar-refractivity contribution >= 4 is 17.4 Å². The van der Waals surface area contributed by atoms with Gasteiger partial charge in [-0.05, 0) is 49.4 Å². The number of benzene rings is 1. The first kappa shape index (κ1) is 15.7. The lowest BCUT2D eigenvalue weighted by Crippen LogP contribution is -2.42. The van der Waals surface area contributed by atoms with Gasteiger partial charge in [-0.25, -0.2) is 0 Å². The smallest absolute Gasteiger partial charge is 0.238 e. The van der Waals surface area contributed by atoms with Crippen molar-refractivity contribution in [1.82, 2.24) is 4.90 Å². The zero-order valence-electron chi connectivity index (χ0n) is 13.1. The second kappa shape index (κ2) is 6.85. The second-order valence-electron chi connectivity index (χ2n) is 6.32. The highest BCUT2D eigenvalue weighted by Gasteiger charge is 2.23. The summed E-state index contributed by atoms with van der Waals surface area (Å²) in [5.41, 5.74) is 1.40. The van der Waals surface area contributed by atoms with Crippen LogP contribution in [0, 0.1) is 11.8 Å². The number of nitrogens with one attached hydrogen (secondary N) is 1. The van der Waals surface area contributed by atoms with Crippen molar-refractivity contribution in [2.75, 3.05) is 25.0 Å². The number of likely N-dealkylation sites (tertiary alicyclic amines) is 1. The molecule has 0 saturated carbocycles. The van der Waals surface area contributed by atoms with Gasteiger partial charge in [-0.2, -0.15) is 0 Å². The van der Waals surface area contributed by atoms with Crippen molar-refractivity contribution in [3.63, 3.8) is 0 Å². The molecule has 0 bridgehead atoms. The lowest BCUT2D eigenvalue weighted by atomic mass is 9.92. The number of rotatable bonds is 4. The summed E-state index contributed by atoms with van der Waals surface area (Å²) < 4.78 is 0. The molecule has 1 saturated heterocycles. The molecule has 1 aliphatic heterocycles. The standard InChI is InChI=1S/C17H24N2O2/c1-12-8-13(2)10-19(9-12)11-17(21)18-16-6-4-15(5-7-16)14(3)20/h4-7,12-13H,8-11H2,1-3H3,(H,18,21)/t12-,13+. The molecule has 0 spiro atoms. The Morgan fingerprint density at radius 1 is 1.14 bits per heavy atom. The van der Waals surface area contributed by atoms with Crippen molar-refractivity contribution < 1.29 is 9.59 Å². The van der Waals surface area contributed by atoms with Crippen LogP contribution in [0.25, 0.3) is 0 Å². The fraction of sp³-hybridized carbons (Fsp3) is 0.529. The molecular formula is C17H24N2O2. The number of ketones is 1. The average molecular weight is 288 g/mol. The maximum atomic E-state index is 12.1. The van der Waals surface area contributed by atoms with Gasteiger partial charge in [-0.1, -0.05) is 13.8 Å². The van der Waals surface area contributed by atoms with E-state index in [0.29, 0.717) is 23.9 Å². The van der Waals surface area contributed by atoms with E-state index in [9.17, 15) is 9.59 Å². The summed E-state index contributed by atoms with van der Waals surface area (Å²) >= 11 is 0. The maximum Gasteiger partial charge on any atom is 0.238 e. The summed E-state index contributed by atoms with van der Waals surface area (Å²) in [5.74, 6) is 1.34. The second-order valence-corrected chi connectivity index (χ2v) is 6.32. The number of anilines is 1. The van der Waals surface area contributed by atoms with Crippen LogP contribution in [0.4, 0.5) is 5.69 Å². The van der Waals surface area contributed by atoms with Gasteiger partial charge in [0.25, 0.3) is 0 Å². The molecule has 0 unspecified atom stereocenters. The minimum atomic E-state index is 0.00637. The number of Topliss-reactive ketones (excluding diaryl/α,β-unsaturated/α-hetero) is 1. The molecule has 0 radical (unpaired) electrons. The van der Waals surface area contributed by atoms with E-state index in [4.69, 9.17) is 0 Å². The van der Waals surface area contributed by atoms with Crippen molar-refractivity contribution in [1.29, 1.82) is 0 Å². The first-order chi connectivity index (χ1) is 9.94. The molecule has 2 rings (SSSR count). The molecule has 114 valence electrons. The summed E-state index contributed by atoms with van der Waals surface area (Å²) in [6.07, 6.45) is 1.24. The molecule has 1 aromatic carbocycles. The van der Waals surface area contributed by atoms with E-state index >= 15 is 0 Å². The predicted octanol–water partition coefficient (Wildman–Crippen LogP) is 2.81. The first-order valence-corrected chi connectivity index (χ1v) is 7.57. The Morgan fingerprint density at radius 2 is 1.71 bits per heavy atom. The van der Waals surface area contributed by atoms with Crippen LogP contribution in [0.3, 0.4) is 0 Å². The van der Waals surface area contributed by atoms with Crippen LogP contribution in [0.15, 0.2) is 24.3 Å². The SMILES string of the molecule is CC(=O)c1ccc(NC(=O)CN2C[C@H](C)C[C@H](C)C2)cc1. The van der Waals surface area contributed by atoms with Gasteiger partial charge in [0.05, 0.1) is 6.54 Å². The topological polar surface area (TPSA) is 49.4 Å². The molecule has 1 heterocycles. The van der Waals surface area contributed by atoms with E-state index in [1.165, 1.54) is 13.3 Å². The number of carbonyl (C=O) groups excluding carboxylic acids is 2. The quantitative estimate of drug-likeness (QED) is 0.867. The highest BCUT2D eigenvalue weighted by Crippen LogP contribution is 2.20. The van der Waals surface area contributed by atoms with Crippen LogP contribution >= 0.6 is 0 Å². The Bertz CT molecular complexity index is 500. The van der Waals surface area contributed by atoms with Gasteiger partial charge in [0.15, 0.2) is 5.78 Å². The Labute approximate surface area is 126 Å². The lowest BCUT2D eigenvalue weighted by molar-refractivity contribution is -0.117. The molecule has 4 heteroatoms. The number of hydrogen-bond donors (Lipinski definition) is 1. The molecule has 0 aromatic heterocycles. The summed E-state index contributed by atoms with van der Waals surface area (Å²) in [7, 11) is 0. The van der Waals surface area contributed by atoms with Gasteiger partial charge in [-0.15, -0.1) is 0 Å². The van der Waals surface area contributed by atoms with E-state index in [0.717, 1.165) is 18.8 Å². The first-order valence-electron chi connectivity index (χ1n) is 7.57. The maximum absolute atomic E-state index is 12.1. The Kier molecular flexibility index (Phi) is 5.12. The Balaban J connectivity index is 1.88. The molecule has 1 fully saturated rings. The molecule has 1 amide bonds. The summed E-state index contributed by atoms with van der Waals surface area (Å²) in [5, 5.41) is 2.89. The molecule has 1 aromatic rings. The van der Waals surface area contributed by atoms with Gasteiger partial charge >= 0.3 is 0 Å². The largest absolute Gasteiger partial charge is 0.325 e. The summed E-state index contributed by atoms with van der Waals surface area (Å²) in [4.78, 5) is 25.5. The third-order valence-corrected chi connectivity index (χ3v) is 3.89. The zero-order chi connectivity index (χ0) is 15.4. The van der Waals surface area contributed by atoms with Crippen LogP contribution in [0.1, 0.15) is 37.6 Å². The highest BCUT2D eigenvalue weighted by molar-refractivity contribution is 5.96. The minimum absolute atomic E-state index is 0.00637. The number of piperidine rings is 1. The van der Waals surface area contributed by atoms with Gasteiger partial charge in [-0.3, -0.25) is 14.5 Å². The summed E-state index contributed by atoms with van der Waals surface area (Å²) in [6, 6.07) is 7.03. The highest BCUT2D eigenvalue weighted by atomic mass is 16.2. The average Bonchev–Trinajstić information content (AvgIpc) is 2.37. The molecule has 4 nitrogen and oxygen atoms in total. The number of nitrogens with zero attached hydrogens (tertiary/aromatic N) is 1. The lowest BCUT2D eigenvalue weighted by Gasteiger charge is -2.34. The van der Waals surface area contributed by atoms with Crippen LogP contribution in [0.2, 0.25) is 0 Å². The fourth-order valence-electron chi connectivity index (χ4n) is 3.11. The third kappa shape index (κ3) is 4.67. The van der Waals surface area contributed by atoms with E-state index in [1.54, 1.807) is 24.3 Å². The number of amides is 1. The normalized spacial score (nSPS) is 22.8. The van der Waals surface area contributed by atoms with Crippen molar-refractivity contribution in [3.05, 3.63) is 29.8 Å². The van der Waals surface area contributed by atoms with Crippen molar-refractivity contribution in [2.24, 2.45) is 11.8 Å². The van der Waals surface area contributed by atoms with E-state index < -0.39 is 0 Å². The Morgan fingerprint density at radius 3 is 2.24 bits per heavy atom. The third-order valence-electron chi connectivity index (χ3n) is 3.89. The molecular weight excluding hydrogens is 264 g/mol. The van der Waals surface area contributed by atoms with Crippen molar-refractivity contribution in [2.45, 2.75) is 27.2 Å². The van der Waals surface area contributed by atoms with Gasteiger partial charge in [0.1, 0.15) is 0 Å².